The molecule has 0 saturated carbocycles. The highest BCUT2D eigenvalue weighted by Gasteiger charge is 2.31. The van der Waals surface area contributed by atoms with Crippen LogP contribution in [-0.2, 0) is 12.0 Å². The first-order valence-electron chi connectivity index (χ1n) is 8.60. The van der Waals surface area contributed by atoms with E-state index in [-0.39, 0.29) is 5.41 Å². The molecule has 126 valence electrons. The van der Waals surface area contributed by atoms with E-state index in [1.54, 1.807) is 12.1 Å². The number of carboxylic acids is 1. The monoisotopic (exact) mass is 323 g/mol. The summed E-state index contributed by atoms with van der Waals surface area (Å²) < 4.78 is 0. The summed E-state index contributed by atoms with van der Waals surface area (Å²) in [5.74, 6) is -0.330. The van der Waals surface area contributed by atoms with Crippen LogP contribution in [0.25, 0.3) is 0 Å². The Hall–Kier alpha value is -2.13. The highest BCUT2D eigenvalue weighted by molar-refractivity contribution is 5.87. The maximum atomic E-state index is 10.9. The Balaban J connectivity index is 1.62. The molecule has 0 saturated heterocycles. The lowest BCUT2D eigenvalue weighted by molar-refractivity contribution is 0.0697. The molecule has 1 aliphatic carbocycles. The SMILES string of the molecule is CC1(C)CCC(CNCc2ccc(C(=O)O)cc2)c2ccccc21. The molecule has 0 fully saturated rings. The Bertz CT molecular complexity index is 719. The lowest BCUT2D eigenvalue weighted by Crippen LogP contribution is -2.31. The van der Waals surface area contributed by atoms with Gasteiger partial charge in [-0.05, 0) is 53.0 Å². The minimum Gasteiger partial charge on any atom is -0.478 e. The van der Waals surface area contributed by atoms with E-state index in [0.717, 1.165) is 18.7 Å². The van der Waals surface area contributed by atoms with Crippen LogP contribution in [-0.4, -0.2) is 17.6 Å². The van der Waals surface area contributed by atoms with Crippen LogP contribution >= 0.6 is 0 Å². The Labute approximate surface area is 143 Å². The van der Waals surface area contributed by atoms with E-state index in [2.05, 4.69) is 43.4 Å². The molecule has 3 heteroatoms. The quantitative estimate of drug-likeness (QED) is 0.861. The molecule has 0 aliphatic heterocycles. The minimum atomic E-state index is -0.879. The van der Waals surface area contributed by atoms with Crippen molar-refractivity contribution in [3.63, 3.8) is 0 Å². The van der Waals surface area contributed by atoms with Gasteiger partial charge in [0.15, 0.2) is 0 Å². The molecule has 24 heavy (non-hydrogen) atoms. The summed E-state index contributed by atoms with van der Waals surface area (Å²) in [6.45, 7) is 6.38. The van der Waals surface area contributed by atoms with Crippen molar-refractivity contribution in [3.05, 3.63) is 70.8 Å². The second kappa shape index (κ2) is 6.78. The minimum absolute atomic E-state index is 0.264. The summed E-state index contributed by atoms with van der Waals surface area (Å²) in [5, 5.41) is 12.5. The molecule has 3 nitrogen and oxygen atoms in total. The molecule has 0 aromatic heterocycles. The molecule has 2 aromatic rings. The van der Waals surface area contributed by atoms with Gasteiger partial charge in [-0.3, -0.25) is 0 Å². The zero-order valence-corrected chi connectivity index (χ0v) is 14.4. The van der Waals surface area contributed by atoms with Gasteiger partial charge in [0.2, 0.25) is 0 Å². The Morgan fingerprint density at radius 2 is 1.88 bits per heavy atom. The molecule has 0 radical (unpaired) electrons. The second-order valence-electron chi connectivity index (χ2n) is 7.34. The van der Waals surface area contributed by atoms with Gasteiger partial charge in [-0.25, -0.2) is 4.79 Å². The van der Waals surface area contributed by atoms with E-state index in [1.165, 1.54) is 24.0 Å². The smallest absolute Gasteiger partial charge is 0.335 e. The van der Waals surface area contributed by atoms with Crippen LogP contribution in [0.5, 0.6) is 0 Å². The number of hydrogen-bond donors (Lipinski definition) is 2. The normalized spacial score (nSPS) is 18.8. The zero-order chi connectivity index (χ0) is 17.2. The van der Waals surface area contributed by atoms with Crippen LogP contribution in [0.2, 0.25) is 0 Å². The van der Waals surface area contributed by atoms with Crippen molar-refractivity contribution in [1.29, 1.82) is 0 Å². The van der Waals surface area contributed by atoms with Crippen molar-refractivity contribution in [3.8, 4) is 0 Å². The van der Waals surface area contributed by atoms with Crippen LogP contribution in [0.4, 0.5) is 0 Å². The fourth-order valence-corrected chi connectivity index (χ4v) is 3.66. The Morgan fingerprint density at radius 3 is 2.58 bits per heavy atom. The van der Waals surface area contributed by atoms with Crippen LogP contribution in [0.1, 0.15) is 59.7 Å². The summed E-state index contributed by atoms with van der Waals surface area (Å²) in [6.07, 6.45) is 2.42. The van der Waals surface area contributed by atoms with Gasteiger partial charge in [-0.2, -0.15) is 0 Å². The molecule has 0 amide bonds. The molecular weight excluding hydrogens is 298 g/mol. The first-order chi connectivity index (χ1) is 11.5. The zero-order valence-electron chi connectivity index (χ0n) is 14.4. The summed E-state index contributed by atoms with van der Waals surface area (Å²) in [6, 6.07) is 15.9. The third-order valence-corrected chi connectivity index (χ3v) is 5.17. The van der Waals surface area contributed by atoms with Gasteiger partial charge in [-0.1, -0.05) is 50.2 Å². The van der Waals surface area contributed by atoms with Crippen molar-refractivity contribution < 1.29 is 9.90 Å². The van der Waals surface area contributed by atoms with E-state index in [1.807, 2.05) is 12.1 Å². The van der Waals surface area contributed by atoms with E-state index >= 15 is 0 Å². The summed E-state index contributed by atoms with van der Waals surface area (Å²) in [4.78, 5) is 10.9. The van der Waals surface area contributed by atoms with Crippen LogP contribution in [0.15, 0.2) is 48.5 Å². The lowest BCUT2D eigenvalue weighted by Gasteiger charge is -2.37. The summed E-state index contributed by atoms with van der Waals surface area (Å²) in [7, 11) is 0. The van der Waals surface area contributed by atoms with Crippen molar-refractivity contribution in [2.45, 2.75) is 44.6 Å². The van der Waals surface area contributed by atoms with Crippen molar-refractivity contribution >= 4 is 5.97 Å². The van der Waals surface area contributed by atoms with Gasteiger partial charge >= 0.3 is 5.97 Å². The summed E-state index contributed by atoms with van der Waals surface area (Å²) in [5.41, 5.74) is 4.67. The molecule has 0 bridgehead atoms. The maximum absolute atomic E-state index is 10.9. The van der Waals surface area contributed by atoms with E-state index in [9.17, 15) is 4.79 Å². The van der Waals surface area contributed by atoms with Crippen molar-refractivity contribution in [2.75, 3.05) is 6.54 Å². The second-order valence-corrected chi connectivity index (χ2v) is 7.34. The highest BCUT2D eigenvalue weighted by Crippen LogP contribution is 2.42. The predicted octanol–water partition coefficient (Wildman–Crippen LogP) is 4.33. The number of carboxylic acid groups (broad SMARTS) is 1. The van der Waals surface area contributed by atoms with Crippen LogP contribution in [0.3, 0.4) is 0 Å². The number of aromatic carboxylic acids is 1. The molecule has 2 N–H and O–H groups in total. The number of carbonyl (C=O) groups is 1. The maximum Gasteiger partial charge on any atom is 0.335 e. The lowest BCUT2D eigenvalue weighted by atomic mass is 9.69. The fourth-order valence-electron chi connectivity index (χ4n) is 3.66. The number of hydrogen-bond acceptors (Lipinski definition) is 2. The fraction of sp³-hybridized carbons (Fsp3) is 0.381. The molecule has 0 spiro atoms. The number of nitrogens with one attached hydrogen (secondary N) is 1. The molecular formula is C21H25NO2. The largest absolute Gasteiger partial charge is 0.478 e. The molecule has 1 atom stereocenters. The predicted molar refractivity (Wildman–Crippen MR) is 96.6 cm³/mol. The van der Waals surface area contributed by atoms with Crippen molar-refractivity contribution in [2.24, 2.45) is 0 Å². The van der Waals surface area contributed by atoms with E-state index < -0.39 is 5.97 Å². The van der Waals surface area contributed by atoms with Crippen LogP contribution < -0.4 is 5.32 Å². The first-order valence-corrected chi connectivity index (χ1v) is 8.60. The van der Waals surface area contributed by atoms with Crippen molar-refractivity contribution in [1.82, 2.24) is 5.32 Å². The third kappa shape index (κ3) is 3.51. The average Bonchev–Trinajstić information content (AvgIpc) is 2.58. The number of fused-ring (bicyclic) bond motifs is 1. The molecule has 1 unspecified atom stereocenters. The topological polar surface area (TPSA) is 49.3 Å². The van der Waals surface area contributed by atoms with Gasteiger partial charge in [0, 0.05) is 13.1 Å². The Kier molecular flexibility index (Phi) is 4.72. The number of rotatable bonds is 5. The van der Waals surface area contributed by atoms with E-state index in [4.69, 9.17) is 5.11 Å². The number of benzene rings is 2. The van der Waals surface area contributed by atoms with Crippen LogP contribution in [0, 0.1) is 0 Å². The molecule has 0 heterocycles. The average molecular weight is 323 g/mol. The molecule has 3 rings (SSSR count). The van der Waals surface area contributed by atoms with Gasteiger partial charge in [-0.15, -0.1) is 0 Å². The standard InChI is InChI=1S/C21H25NO2/c1-21(2)12-11-17(18-5-3-4-6-19(18)21)14-22-13-15-7-9-16(10-8-15)20(23)24/h3-10,17,22H,11-14H2,1-2H3,(H,23,24). The summed E-state index contributed by atoms with van der Waals surface area (Å²) >= 11 is 0. The van der Waals surface area contributed by atoms with Gasteiger partial charge in [0.25, 0.3) is 0 Å². The van der Waals surface area contributed by atoms with Gasteiger partial charge in [0.05, 0.1) is 5.56 Å². The third-order valence-electron chi connectivity index (χ3n) is 5.17. The van der Waals surface area contributed by atoms with Gasteiger partial charge in [0.1, 0.15) is 0 Å². The Morgan fingerprint density at radius 1 is 1.17 bits per heavy atom. The van der Waals surface area contributed by atoms with E-state index in [0.29, 0.717) is 11.5 Å². The molecule has 1 aliphatic rings. The first kappa shape index (κ1) is 16.7. The highest BCUT2D eigenvalue weighted by atomic mass is 16.4. The molecule has 2 aromatic carbocycles. The van der Waals surface area contributed by atoms with Gasteiger partial charge < -0.3 is 10.4 Å².